The lowest BCUT2D eigenvalue weighted by Crippen LogP contribution is -2.15. The second-order valence-electron chi connectivity index (χ2n) is 6.35. The number of hydrogen-bond acceptors (Lipinski definition) is 8. The molecule has 0 radical (unpaired) electrons. The molecule has 0 bridgehead atoms. The van der Waals surface area contributed by atoms with Gasteiger partial charge in [-0.15, -0.1) is 16.4 Å². The molecule has 0 spiro atoms. The molecule has 12 heteroatoms. The van der Waals surface area contributed by atoms with Gasteiger partial charge in [0.25, 0.3) is 0 Å². The Morgan fingerprint density at radius 3 is 2.84 bits per heavy atom. The van der Waals surface area contributed by atoms with Crippen LogP contribution >= 0.6 is 23.6 Å². The first-order valence-electron chi connectivity index (χ1n) is 9.22. The van der Waals surface area contributed by atoms with E-state index in [2.05, 4.69) is 30.7 Å². The Morgan fingerprint density at radius 1 is 1.23 bits per heavy atom. The van der Waals surface area contributed by atoms with Crippen molar-refractivity contribution in [3.63, 3.8) is 0 Å². The molecule has 3 aromatic heterocycles. The predicted molar refractivity (Wildman–Crippen MR) is 119 cm³/mol. The molecule has 0 unspecified atom stereocenters. The molecule has 160 valence electrons. The smallest absolute Gasteiger partial charge is 0.249 e. The van der Waals surface area contributed by atoms with E-state index in [0.717, 1.165) is 4.88 Å². The molecule has 31 heavy (non-hydrogen) atoms. The maximum absolute atomic E-state index is 12.4. The number of H-pyrrole nitrogens is 2. The van der Waals surface area contributed by atoms with Crippen molar-refractivity contribution in [2.24, 2.45) is 0 Å². The highest BCUT2D eigenvalue weighted by Crippen LogP contribution is 2.31. The SMILES string of the molecule is COc1ccc(-c2nc(NC(=O)CCn3c(-c4cccs4)n[nH]c3=S)n[nH]2)c(OC)c1. The summed E-state index contributed by atoms with van der Waals surface area (Å²) in [6, 6.07) is 9.23. The predicted octanol–water partition coefficient (Wildman–Crippen LogP) is 3.50. The van der Waals surface area contributed by atoms with Crippen LogP contribution in [0.2, 0.25) is 0 Å². The van der Waals surface area contributed by atoms with Crippen LogP contribution in [0.1, 0.15) is 6.42 Å². The van der Waals surface area contributed by atoms with Crippen molar-refractivity contribution in [3.05, 3.63) is 40.5 Å². The van der Waals surface area contributed by atoms with E-state index in [4.69, 9.17) is 21.7 Å². The lowest BCUT2D eigenvalue weighted by atomic mass is 10.2. The maximum Gasteiger partial charge on any atom is 0.249 e. The van der Waals surface area contributed by atoms with Crippen LogP contribution < -0.4 is 14.8 Å². The average Bonchev–Trinajstić information content (AvgIpc) is 3.53. The molecule has 1 aromatic carbocycles. The number of benzene rings is 1. The summed E-state index contributed by atoms with van der Waals surface area (Å²) in [7, 11) is 3.14. The zero-order valence-electron chi connectivity index (χ0n) is 16.7. The first kappa shape index (κ1) is 20.8. The highest BCUT2D eigenvalue weighted by molar-refractivity contribution is 7.71. The van der Waals surface area contributed by atoms with Crippen molar-refractivity contribution in [2.45, 2.75) is 13.0 Å². The van der Waals surface area contributed by atoms with Crippen molar-refractivity contribution in [1.29, 1.82) is 0 Å². The van der Waals surface area contributed by atoms with Crippen LogP contribution in [0.3, 0.4) is 0 Å². The van der Waals surface area contributed by atoms with E-state index in [-0.39, 0.29) is 18.3 Å². The molecule has 4 rings (SSSR count). The highest BCUT2D eigenvalue weighted by Gasteiger charge is 2.15. The Hall–Kier alpha value is -3.51. The summed E-state index contributed by atoms with van der Waals surface area (Å²) in [4.78, 5) is 17.8. The number of amides is 1. The molecule has 1 amide bonds. The van der Waals surface area contributed by atoms with E-state index in [1.165, 1.54) is 0 Å². The Morgan fingerprint density at radius 2 is 2.10 bits per heavy atom. The summed E-state index contributed by atoms with van der Waals surface area (Å²) in [5.41, 5.74) is 0.696. The van der Waals surface area contributed by atoms with Crippen LogP contribution in [-0.4, -0.2) is 50.1 Å². The van der Waals surface area contributed by atoms with E-state index in [1.807, 2.05) is 17.5 Å². The maximum atomic E-state index is 12.4. The van der Waals surface area contributed by atoms with Crippen LogP contribution in [0.5, 0.6) is 11.5 Å². The zero-order chi connectivity index (χ0) is 21.8. The number of methoxy groups -OCH3 is 2. The largest absolute Gasteiger partial charge is 0.497 e. The van der Waals surface area contributed by atoms with Gasteiger partial charge in [-0.2, -0.15) is 10.1 Å². The van der Waals surface area contributed by atoms with E-state index >= 15 is 0 Å². The van der Waals surface area contributed by atoms with Crippen molar-refractivity contribution in [1.82, 2.24) is 29.9 Å². The molecule has 0 saturated heterocycles. The summed E-state index contributed by atoms with van der Waals surface area (Å²) in [5.74, 6) is 2.34. The molecular weight excluding hydrogens is 438 g/mol. The number of hydrogen-bond donors (Lipinski definition) is 3. The molecular formula is C19H19N7O3S2. The Labute approximate surface area is 186 Å². The van der Waals surface area contributed by atoms with Gasteiger partial charge in [0.1, 0.15) is 11.5 Å². The second kappa shape index (κ2) is 9.10. The number of anilines is 1. The van der Waals surface area contributed by atoms with Gasteiger partial charge in [-0.05, 0) is 35.8 Å². The van der Waals surface area contributed by atoms with E-state index in [9.17, 15) is 4.79 Å². The van der Waals surface area contributed by atoms with Crippen LogP contribution in [0, 0.1) is 4.77 Å². The lowest BCUT2D eigenvalue weighted by Gasteiger charge is -2.08. The number of nitrogens with zero attached hydrogens (tertiary/aromatic N) is 4. The van der Waals surface area contributed by atoms with Gasteiger partial charge >= 0.3 is 0 Å². The fourth-order valence-electron chi connectivity index (χ4n) is 2.95. The van der Waals surface area contributed by atoms with Crippen LogP contribution in [0.15, 0.2) is 35.7 Å². The third-order valence-electron chi connectivity index (χ3n) is 4.46. The summed E-state index contributed by atoms with van der Waals surface area (Å²) in [5, 5.41) is 18.6. The Kier molecular flexibility index (Phi) is 6.09. The number of ether oxygens (including phenoxy) is 2. The summed E-state index contributed by atoms with van der Waals surface area (Å²) in [6.45, 7) is 0.373. The minimum absolute atomic E-state index is 0.173. The molecule has 0 fully saturated rings. The van der Waals surface area contributed by atoms with Gasteiger partial charge in [0.05, 0.1) is 24.7 Å². The number of rotatable bonds is 8. The van der Waals surface area contributed by atoms with Crippen molar-refractivity contribution >= 4 is 35.4 Å². The Balaban J connectivity index is 1.43. The van der Waals surface area contributed by atoms with Gasteiger partial charge in [-0.25, -0.2) is 0 Å². The first-order valence-corrected chi connectivity index (χ1v) is 10.5. The van der Waals surface area contributed by atoms with E-state index in [0.29, 0.717) is 40.0 Å². The number of aromatic amines is 2. The minimum Gasteiger partial charge on any atom is -0.497 e. The average molecular weight is 458 g/mol. The molecule has 4 aromatic rings. The lowest BCUT2D eigenvalue weighted by molar-refractivity contribution is -0.116. The molecule has 0 aliphatic carbocycles. The quantitative estimate of drug-likeness (QED) is 0.346. The first-order chi connectivity index (χ1) is 15.1. The number of carbonyl (C=O) groups is 1. The van der Waals surface area contributed by atoms with Crippen molar-refractivity contribution in [2.75, 3.05) is 19.5 Å². The van der Waals surface area contributed by atoms with Gasteiger partial charge in [-0.3, -0.25) is 24.9 Å². The van der Waals surface area contributed by atoms with E-state index < -0.39 is 0 Å². The van der Waals surface area contributed by atoms with Crippen LogP contribution in [0.25, 0.3) is 22.1 Å². The summed E-state index contributed by atoms with van der Waals surface area (Å²) in [6.07, 6.45) is 0.182. The molecule has 3 heterocycles. The van der Waals surface area contributed by atoms with E-state index in [1.54, 1.807) is 48.3 Å². The van der Waals surface area contributed by atoms with Crippen LogP contribution in [0.4, 0.5) is 5.95 Å². The van der Waals surface area contributed by atoms with Gasteiger partial charge in [0, 0.05) is 19.0 Å². The number of nitrogens with one attached hydrogen (secondary N) is 3. The topological polar surface area (TPSA) is 123 Å². The van der Waals surface area contributed by atoms with Crippen molar-refractivity contribution in [3.8, 4) is 33.6 Å². The minimum atomic E-state index is -0.243. The Bertz CT molecular complexity index is 1240. The summed E-state index contributed by atoms with van der Waals surface area (Å²) < 4.78 is 12.9. The third-order valence-corrected chi connectivity index (χ3v) is 5.64. The summed E-state index contributed by atoms with van der Waals surface area (Å²) >= 11 is 6.85. The van der Waals surface area contributed by atoms with Gasteiger partial charge < -0.3 is 9.47 Å². The van der Waals surface area contributed by atoms with Gasteiger partial charge in [-0.1, -0.05) is 6.07 Å². The molecule has 0 aliphatic heterocycles. The fraction of sp³-hybridized carbons (Fsp3) is 0.211. The standard InChI is InChI=1S/C19H19N7O3S2/c1-28-11-5-6-12(13(10-11)29-2)16-21-18(24-22-16)20-15(27)7-8-26-17(23-25-19(26)30)14-4-3-9-31-14/h3-6,9-10H,7-8H2,1-2H3,(H,25,30)(H2,20,21,22,24,27). The second-order valence-corrected chi connectivity index (χ2v) is 7.69. The number of aromatic nitrogens is 6. The third kappa shape index (κ3) is 4.49. The molecule has 0 saturated carbocycles. The number of thiophene rings is 1. The van der Waals surface area contributed by atoms with Crippen LogP contribution in [-0.2, 0) is 11.3 Å². The van der Waals surface area contributed by atoms with Crippen molar-refractivity contribution < 1.29 is 14.3 Å². The zero-order valence-corrected chi connectivity index (χ0v) is 18.3. The molecule has 0 atom stereocenters. The molecule has 0 aliphatic rings. The van der Waals surface area contributed by atoms with Gasteiger partial charge in [0.15, 0.2) is 16.4 Å². The highest BCUT2D eigenvalue weighted by atomic mass is 32.1. The fourth-order valence-corrected chi connectivity index (χ4v) is 3.90. The number of carbonyl (C=O) groups excluding carboxylic acids is 1. The van der Waals surface area contributed by atoms with Gasteiger partial charge in [0.2, 0.25) is 11.9 Å². The normalized spacial score (nSPS) is 10.8. The molecule has 10 nitrogen and oxygen atoms in total. The monoisotopic (exact) mass is 457 g/mol. The molecule has 3 N–H and O–H groups in total.